The fraction of sp³-hybridized carbons (Fsp3) is 0.350. The summed E-state index contributed by atoms with van der Waals surface area (Å²) in [7, 11) is 1.67. The smallest absolute Gasteiger partial charge is 0.315 e. The summed E-state index contributed by atoms with van der Waals surface area (Å²) >= 11 is 0. The van der Waals surface area contributed by atoms with Crippen molar-refractivity contribution in [3.63, 3.8) is 0 Å². The molecule has 1 aliphatic rings. The van der Waals surface area contributed by atoms with Gasteiger partial charge in [-0.05, 0) is 42.0 Å². The number of aliphatic hydroxyl groups excluding tert-OH is 1. The van der Waals surface area contributed by atoms with Gasteiger partial charge >= 0.3 is 6.03 Å². The summed E-state index contributed by atoms with van der Waals surface area (Å²) in [5, 5.41) is 15.5. The topological polar surface area (TPSA) is 70.6 Å². The van der Waals surface area contributed by atoms with Gasteiger partial charge in [-0.1, -0.05) is 42.5 Å². The van der Waals surface area contributed by atoms with Gasteiger partial charge in [-0.15, -0.1) is 0 Å². The lowest BCUT2D eigenvalue weighted by molar-refractivity contribution is 0.213. The van der Waals surface area contributed by atoms with E-state index in [2.05, 4.69) is 10.6 Å². The molecule has 0 fully saturated rings. The van der Waals surface area contributed by atoms with Gasteiger partial charge in [0.2, 0.25) is 0 Å². The number of hydrogen-bond donors (Lipinski definition) is 3. The first kappa shape index (κ1) is 17.3. The first-order valence-electron chi connectivity index (χ1n) is 8.59. The van der Waals surface area contributed by atoms with Gasteiger partial charge in [0.15, 0.2) is 0 Å². The molecule has 132 valence electrons. The van der Waals surface area contributed by atoms with Crippen LogP contribution < -0.4 is 15.4 Å². The van der Waals surface area contributed by atoms with Crippen molar-refractivity contribution >= 4 is 6.03 Å². The van der Waals surface area contributed by atoms with Gasteiger partial charge in [-0.3, -0.25) is 0 Å². The number of ether oxygens (including phenoxy) is 1. The highest BCUT2D eigenvalue weighted by Gasteiger charge is 2.26. The number of rotatable bonds is 6. The monoisotopic (exact) mass is 340 g/mol. The third-order valence-corrected chi connectivity index (χ3v) is 4.63. The van der Waals surface area contributed by atoms with Crippen molar-refractivity contribution in [2.45, 2.75) is 31.3 Å². The molecule has 3 rings (SSSR count). The predicted octanol–water partition coefficient (Wildman–Crippen LogP) is 2.59. The van der Waals surface area contributed by atoms with Gasteiger partial charge < -0.3 is 20.5 Å². The van der Waals surface area contributed by atoms with E-state index >= 15 is 0 Å². The SMILES string of the molecule is COc1cccc2c1CC[C@@H]2NC(=O)N[C@H](CO)Cc1ccccc1. The molecule has 0 aliphatic heterocycles. The average Bonchev–Trinajstić information content (AvgIpc) is 3.05. The second-order valence-electron chi connectivity index (χ2n) is 6.31. The Hall–Kier alpha value is -2.53. The van der Waals surface area contributed by atoms with Crippen LogP contribution in [0.4, 0.5) is 4.79 Å². The molecule has 2 aromatic carbocycles. The van der Waals surface area contributed by atoms with Crippen LogP contribution >= 0.6 is 0 Å². The highest BCUT2D eigenvalue weighted by Crippen LogP contribution is 2.36. The molecule has 0 heterocycles. The molecule has 25 heavy (non-hydrogen) atoms. The molecule has 5 nitrogen and oxygen atoms in total. The molecule has 1 aliphatic carbocycles. The molecule has 0 spiro atoms. The van der Waals surface area contributed by atoms with Crippen LogP contribution in [-0.2, 0) is 12.8 Å². The highest BCUT2D eigenvalue weighted by atomic mass is 16.5. The van der Waals surface area contributed by atoms with Crippen LogP contribution in [0.3, 0.4) is 0 Å². The summed E-state index contributed by atoms with van der Waals surface area (Å²) in [5.41, 5.74) is 3.36. The van der Waals surface area contributed by atoms with Crippen molar-refractivity contribution in [1.29, 1.82) is 0 Å². The van der Waals surface area contributed by atoms with Gasteiger partial charge in [0, 0.05) is 0 Å². The van der Waals surface area contributed by atoms with E-state index in [9.17, 15) is 9.90 Å². The zero-order chi connectivity index (χ0) is 17.6. The molecule has 0 aromatic heterocycles. The Morgan fingerprint density at radius 2 is 2.04 bits per heavy atom. The van der Waals surface area contributed by atoms with E-state index in [1.54, 1.807) is 7.11 Å². The van der Waals surface area contributed by atoms with E-state index < -0.39 is 0 Å². The van der Waals surface area contributed by atoms with E-state index in [-0.39, 0.29) is 24.7 Å². The Morgan fingerprint density at radius 3 is 2.76 bits per heavy atom. The average molecular weight is 340 g/mol. The van der Waals surface area contributed by atoms with E-state index in [0.717, 1.165) is 29.7 Å². The third kappa shape index (κ3) is 4.12. The summed E-state index contributed by atoms with van der Waals surface area (Å²) in [6.45, 7) is -0.0998. The zero-order valence-electron chi connectivity index (χ0n) is 14.4. The lowest BCUT2D eigenvalue weighted by Gasteiger charge is -2.20. The van der Waals surface area contributed by atoms with Crippen molar-refractivity contribution in [3.8, 4) is 5.75 Å². The number of carbonyl (C=O) groups excluding carboxylic acids is 1. The lowest BCUT2D eigenvalue weighted by atomic mass is 10.1. The van der Waals surface area contributed by atoms with E-state index in [0.29, 0.717) is 6.42 Å². The minimum Gasteiger partial charge on any atom is -0.496 e. The maximum atomic E-state index is 12.4. The van der Waals surface area contributed by atoms with Crippen LogP contribution in [0.15, 0.2) is 48.5 Å². The predicted molar refractivity (Wildman–Crippen MR) is 96.7 cm³/mol. The fourth-order valence-corrected chi connectivity index (χ4v) is 3.41. The Labute approximate surface area is 148 Å². The lowest BCUT2D eigenvalue weighted by Crippen LogP contribution is -2.45. The molecule has 5 heteroatoms. The summed E-state index contributed by atoms with van der Waals surface area (Å²) in [6, 6.07) is 15.2. The first-order chi connectivity index (χ1) is 12.2. The largest absolute Gasteiger partial charge is 0.496 e. The number of benzene rings is 2. The Kier molecular flexibility index (Phi) is 5.56. The molecule has 0 saturated heterocycles. The van der Waals surface area contributed by atoms with E-state index in [1.165, 1.54) is 5.56 Å². The summed E-state index contributed by atoms with van der Waals surface area (Å²) < 4.78 is 5.40. The molecule has 0 bridgehead atoms. The molecular weight excluding hydrogens is 316 g/mol. The van der Waals surface area contributed by atoms with Crippen LogP contribution in [-0.4, -0.2) is 30.9 Å². The first-order valence-corrected chi connectivity index (χ1v) is 8.59. The highest BCUT2D eigenvalue weighted by molar-refractivity contribution is 5.75. The number of urea groups is 1. The summed E-state index contributed by atoms with van der Waals surface area (Å²) in [5.74, 6) is 0.875. The third-order valence-electron chi connectivity index (χ3n) is 4.63. The summed E-state index contributed by atoms with van der Waals surface area (Å²) in [6.07, 6.45) is 2.34. The van der Waals surface area contributed by atoms with Gasteiger partial charge in [0.25, 0.3) is 0 Å². The zero-order valence-corrected chi connectivity index (χ0v) is 14.4. The number of nitrogens with one attached hydrogen (secondary N) is 2. The number of carbonyl (C=O) groups is 1. The number of hydrogen-bond acceptors (Lipinski definition) is 3. The van der Waals surface area contributed by atoms with Gasteiger partial charge in [-0.2, -0.15) is 0 Å². The normalized spacial score (nSPS) is 16.8. The molecule has 2 amide bonds. The number of fused-ring (bicyclic) bond motifs is 1. The second-order valence-corrected chi connectivity index (χ2v) is 6.31. The number of methoxy groups -OCH3 is 1. The Balaban J connectivity index is 1.60. The summed E-state index contributed by atoms with van der Waals surface area (Å²) in [4.78, 5) is 12.4. The molecule has 0 radical (unpaired) electrons. The molecule has 3 N–H and O–H groups in total. The fourth-order valence-electron chi connectivity index (χ4n) is 3.41. The molecule has 0 unspecified atom stereocenters. The van der Waals surface area contributed by atoms with Crippen LogP contribution in [0.5, 0.6) is 5.75 Å². The molecular formula is C20H24N2O3. The minimum atomic E-state index is -0.311. The van der Waals surface area contributed by atoms with Gasteiger partial charge in [0.1, 0.15) is 5.75 Å². The van der Waals surface area contributed by atoms with Gasteiger partial charge in [-0.25, -0.2) is 4.79 Å². The maximum absolute atomic E-state index is 12.4. The van der Waals surface area contributed by atoms with Gasteiger partial charge in [0.05, 0.1) is 25.8 Å². The van der Waals surface area contributed by atoms with E-state index in [1.807, 2.05) is 48.5 Å². The number of aliphatic hydroxyl groups is 1. The minimum absolute atomic E-state index is 0.0267. The quantitative estimate of drug-likeness (QED) is 0.757. The standard InChI is InChI=1S/C20H24N2O3/c1-25-19-9-5-8-16-17(19)10-11-18(16)22-20(24)21-15(13-23)12-14-6-3-2-4-7-14/h2-9,15,18,23H,10-13H2,1H3,(H2,21,22,24)/t15-,18-/m0/s1. The molecule has 2 aromatic rings. The van der Waals surface area contributed by atoms with Crippen molar-refractivity contribution in [2.24, 2.45) is 0 Å². The van der Waals surface area contributed by atoms with Crippen molar-refractivity contribution in [3.05, 3.63) is 65.2 Å². The van der Waals surface area contributed by atoms with Crippen molar-refractivity contribution in [1.82, 2.24) is 10.6 Å². The molecule has 2 atom stereocenters. The second kappa shape index (κ2) is 8.03. The van der Waals surface area contributed by atoms with Crippen molar-refractivity contribution < 1.29 is 14.6 Å². The van der Waals surface area contributed by atoms with Crippen LogP contribution in [0, 0.1) is 0 Å². The van der Waals surface area contributed by atoms with Crippen LogP contribution in [0.25, 0.3) is 0 Å². The number of amides is 2. The van der Waals surface area contributed by atoms with Crippen molar-refractivity contribution in [2.75, 3.05) is 13.7 Å². The maximum Gasteiger partial charge on any atom is 0.315 e. The Morgan fingerprint density at radius 1 is 1.24 bits per heavy atom. The van der Waals surface area contributed by atoms with E-state index in [4.69, 9.17) is 4.74 Å². The molecule has 0 saturated carbocycles. The Bertz CT molecular complexity index is 718. The van der Waals surface area contributed by atoms with Crippen LogP contribution in [0.2, 0.25) is 0 Å². The van der Waals surface area contributed by atoms with Crippen LogP contribution in [0.1, 0.15) is 29.2 Å².